The summed E-state index contributed by atoms with van der Waals surface area (Å²) in [5.74, 6) is -1.18. The van der Waals surface area contributed by atoms with Crippen molar-refractivity contribution in [2.24, 2.45) is 5.92 Å². The van der Waals surface area contributed by atoms with Gasteiger partial charge in [0.05, 0.1) is 19.1 Å². The van der Waals surface area contributed by atoms with Gasteiger partial charge in [-0.1, -0.05) is 49.4 Å². The molecule has 108 valence electrons. The summed E-state index contributed by atoms with van der Waals surface area (Å²) >= 11 is 0. The Morgan fingerprint density at radius 2 is 2.15 bits per heavy atom. The average molecular weight is 275 g/mol. The topological polar surface area (TPSA) is 49.8 Å². The van der Waals surface area contributed by atoms with Crippen molar-refractivity contribution in [3.05, 3.63) is 42.0 Å². The first kappa shape index (κ1) is 14.8. The van der Waals surface area contributed by atoms with Gasteiger partial charge in [0.15, 0.2) is 0 Å². The normalized spacial score (nSPS) is 22.7. The van der Waals surface area contributed by atoms with E-state index in [1.165, 1.54) is 0 Å². The Morgan fingerprint density at radius 1 is 1.40 bits per heavy atom. The molecule has 1 fully saturated rings. The summed E-state index contributed by atoms with van der Waals surface area (Å²) in [6, 6.07) is 10.1. The molecule has 2 atom stereocenters. The van der Waals surface area contributed by atoms with E-state index < -0.39 is 11.9 Å². The molecule has 1 aromatic carbocycles. The Kier molecular flexibility index (Phi) is 5.32. The number of nitrogens with zero attached hydrogens (tertiary/aromatic N) is 1. The number of ether oxygens (including phenoxy) is 1. The molecule has 0 bridgehead atoms. The lowest BCUT2D eigenvalue weighted by molar-refractivity contribution is -0.143. The summed E-state index contributed by atoms with van der Waals surface area (Å²) < 4.78 is 5.33. The first-order valence-corrected chi connectivity index (χ1v) is 6.98. The van der Waals surface area contributed by atoms with Gasteiger partial charge in [-0.25, -0.2) is 0 Å². The van der Waals surface area contributed by atoms with Crippen LogP contribution in [0.5, 0.6) is 0 Å². The van der Waals surface area contributed by atoms with Gasteiger partial charge in [0.25, 0.3) is 0 Å². The average Bonchev–Trinajstić information content (AvgIpc) is 2.94. The van der Waals surface area contributed by atoms with Crippen molar-refractivity contribution in [2.75, 3.05) is 26.3 Å². The number of carboxylic acids is 1. The Morgan fingerprint density at radius 3 is 2.80 bits per heavy atom. The zero-order valence-corrected chi connectivity index (χ0v) is 11.7. The van der Waals surface area contributed by atoms with E-state index in [0.29, 0.717) is 13.2 Å². The second kappa shape index (κ2) is 7.22. The molecule has 0 amide bonds. The second-order valence-corrected chi connectivity index (χ2v) is 4.95. The molecule has 2 unspecified atom stereocenters. The van der Waals surface area contributed by atoms with Crippen molar-refractivity contribution >= 4 is 12.0 Å². The van der Waals surface area contributed by atoms with Gasteiger partial charge in [-0.15, -0.1) is 0 Å². The highest BCUT2D eigenvalue weighted by molar-refractivity contribution is 5.71. The van der Waals surface area contributed by atoms with Crippen molar-refractivity contribution < 1.29 is 14.6 Å². The monoisotopic (exact) mass is 275 g/mol. The number of benzene rings is 1. The minimum atomic E-state index is -0.766. The predicted octanol–water partition coefficient (Wildman–Crippen LogP) is 2.12. The maximum absolute atomic E-state index is 11.2. The molecule has 0 saturated carbocycles. The van der Waals surface area contributed by atoms with Gasteiger partial charge in [-0.3, -0.25) is 9.69 Å². The minimum absolute atomic E-state index is 0.0297. The Bertz CT molecular complexity index is 458. The number of aliphatic carboxylic acids is 1. The number of hydrogen-bond acceptors (Lipinski definition) is 3. The Hall–Kier alpha value is -1.65. The fourth-order valence-electron chi connectivity index (χ4n) is 2.53. The van der Waals surface area contributed by atoms with Crippen LogP contribution in [-0.2, 0) is 9.53 Å². The van der Waals surface area contributed by atoms with E-state index >= 15 is 0 Å². The smallest absolute Gasteiger partial charge is 0.310 e. The Balaban J connectivity index is 1.95. The number of hydrogen-bond donors (Lipinski definition) is 1. The number of rotatable bonds is 6. The molecule has 1 aliphatic rings. The van der Waals surface area contributed by atoms with Crippen LogP contribution in [-0.4, -0.2) is 48.3 Å². The zero-order valence-electron chi connectivity index (χ0n) is 11.7. The van der Waals surface area contributed by atoms with E-state index in [-0.39, 0.29) is 6.04 Å². The largest absolute Gasteiger partial charge is 0.481 e. The fourth-order valence-corrected chi connectivity index (χ4v) is 2.53. The first-order valence-electron chi connectivity index (χ1n) is 6.98. The van der Waals surface area contributed by atoms with Gasteiger partial charge in [0.2, 0.25) is 0 Å². The summed E-state index contributed by atoms with van der Waals surface area (Å²) in [5.41, 5.74) is 1.15. The molecule has 4 nitrogen and oxygen atoms in total. The zero-order chi connectivity index (χ0) is 14.4. The lowest BCUT2D eigenvalue weighted by Crippen LogP contribution is -2.43. The summed E-state index contributed by atoms with van der Waals surface area (Å²) in [4.78, 5) is 13.4. The van der Waals surface area contributed by atoms with E-state index in [2.05, 4.69) is 17.1 Å². The molecule has 1 saturated heterocycles. The molecule has 0 radical (unpaired) electrons. The molecule has 1 aromatic rings. The van der Waals surface area contributed by atoms with Crippen LogP contribution >= 0.6 is 0 Å². The lowest BCUT2D eigenvalue weighted by Gasteiger charge is -2.27. The summed E-state index contributed by atoms with van der Waals surface area (Å²) in [6.45, 7) is 4.43. The standard InChI is InChI=1S/C16H21NO3/c1-2-17(15-12-20-11-14(15)16(18)19)10-6-9-13-7-4-3-5-8-13/h3-9,14-15H,2,10-12H2,1H3,(H,18,19). The van der Waals surface area contributed by atoms with E-state index in [1.54, 1.807) is 0 Å². The molecular formula is C16H21NO3. The van der Waals surface area contributed by atoms with Crippen LogP contribution in [0.2, 0.25) is 0 Å². The van der Waals surface area contributed by atoms with E-state index in [0.717, 1.165) is 18.7 Å². The maximum atomic E-state index is 11.2. The van der Waals surface area contributed by atoms with Gasteiger partial charge in [0.1, 0.15) is 0 Å². The van der Waals surface area contributed by atoms with Gasteiger partial charge < -0.3 is 9.84 Å². The molecule has 1 aliphatic heterocycles. The molecule has 2 rings (SSSR count). The van der Waals surface area contributed by atoms with Crippen LogP contribution in [0.1, 0.15) is 12.5 Å². The quantitative estimate of drug-likeness (QED) is 0.864. The lowest BCUT2D eigenvalue weighted by atomic mass is 10.0. The van der Waals surface area contributed by atoms with Gasteiger partial charge in [0, 0.05) is 12.6 Å². The molecule has 20 heavy (non-hydrogen) atoms. The van der Waals surface area contributed by atoms with Gasteiger partial charge >= 0.3 is 5.97 Å². The van der Waals surface area contributed by atoms with Crippen LogP contribution in [0.15, 0.2) is 36.4 Å². The van der Waals surface area contributed by atoms with Gasteiger partial charge in [-0.2, -0.15) is 0 Å². The van der Waals surface area contributed by atoms with E-state index in [4.69, 9.17) is 4.74 Å². The molecular weight excluding hydrogens is 254 g/mol. The van der Waals surface area contributed by atoms with Crippen LogP contribution in [0.25, 0.3) is 6.08 Å². The highest BCUT2D eigenvalue weighted by Crippen LogP contribution is 2.20. The van der Waals surface area contributed by atoms with Gasteiger partial charge in [-0.05, 0) is 12.1 Å². The highest BCUT2D eigenvalue weighted by atomic mass is 16.5. The summed E-state index contributed by atoms with van der Waals surface area (Å²) in [5, 5.41) is 9.21. The summed E-state index contributed by atoms with van der Waals surface area (Å²) in [7, 11) is 0. The third kappa shape index (κ3) is 3.68. The predicted molar refractivity (Wildman–Crippen MR) is 78.5 cm³/mol. The Labute approximate surface area is 119 Å². The van der Waals surface area contributed by atoms with E-state index in [9.17, 15) is 9.90 Å². The first-order chi connectivity index (χ1) is 9.72. The fraction of sp³-hybridized carbons (Fsp3) is 0.438. The SMILES string of the molecule is CCN(CC=Cc1ccccc1)C1COCC1C(=O)O. The van der Waals surface area contributed by atoms with Crippen molar-refractivity contribution in [3.8, 4) is 0 Å². The second-order valence-electron chi connectivity index (χ2n) is 4.95. The number of likely N-dealkylation sites (N-methyl/N-ethyl adjacent to an activating group) is 1. The maximum Gasteiger partial charge on any atom is 0.310 e. The van der Waals surface area contributed by atoms with Crippen molar-refractivity contribution in [3.63, 3.8) is 0 Å². The van der Waals surface area contributed by atoms with Crippen LogP contribution in [0.3, 0.4) is 0 Å². The summed E-state index contributed by atoms with van der Waals surface area (Å²) in [6.07, 6.45) is 4.14. The minimum Gasteiger partial charge on any atom is -0.481 e. The molecule has 0 aliphatic carbocycles. The van der Waals surface area contributed by atoms with E-state index in [1.807, 2.05) is 37.3 Å². The van der Waals surface area contributed by atoms with Crippen LogP contribution in [0, 0.1) is 5.92 Å². The van der Waals surface area contributed by atoms with Crippen molar-refractivity contribution in [1.29, 1.82) is 0 Å². The number of carboxylic acid groups (broad SMARTS) is 1. The third-order valence-electron chi connectivity index (χ3n) is 3.69. The third-order valence-corrected chi connectivity index (χ3v) is 3.69. The molecule has 1 heterocycles. The molecule has 0 aromatic heterocycles. The van der Waals surface area contributed by atoms with Crippen LogP contribution < -0.4 is 0 Å². The molecule has 4 heteroatoms. The molecule has 1 N–H and O–H groups in total. The van der Waals surface area contributed by atoms with Crippen molar-refractivity contribution in [2.45, 2.75) is 13.0 Å². The number of carbonyl (C=O) groups is 1. The highest BCUT2D eigenvalue weighted by Gasteiger charge is 2.36. The van der Waals surface area contributed by atoms with Crippen molar-refractivity contribution in [1.82, 2.24) is 4.90 Å². The van der Waals surface area contributed by atoms with Crippen LogP contribution in [0.4, 0.5) is 0 Å². The molecule has 0 spiro atoms.